The smallest absolute Gasteiger partial charge is 0.248 e. The van der Waals surface area contributed by atoms with Crippen molar-refractivity contribution >= 4 is 17.2 Å². The Hall–Kier alpha value is -2.66. The van der Waals surface area contributed by atoms with Crippen LogP contribution in [0.4, 0.5) is 0 Å². The lowest BCUT2D eigenvalue weighted by Crippen LogP contribution is -2.10. The minimum atomic E-state index is -0.435. The summed E-state index contributed by atoms with van der Waals surface area (Å²) in [5.74, 6) is 0.381. The highest BCUT2D eigenvalue weighted by atomic mass is 32.1. The van der Waals surface area contributed by atoms with Gasteiger partial charge in [-0.2, -0.15) is 0 Å². The molecule has 5 heteroatoms. The van der Waals surface area contributed by atoms with Gasteiger partial charge in [0.2, 0.25) is 5.91 Å². The van der Waals surface area contributed by atoms with Crippen LogP contribution in [0.5, 0.6) is 5.75 Å². The summed E-state index contributed by atoms with van der Waals surface area (Å²) >= 11 is 1.60. The lowest BCUT2D eigenvalue weighted by atomic mass is 10.1. The molecule has 3 rings (SSSR count). The molecule has 0 saturated heterocycles. The molecule has 2 N–H and O–H groups in total. The summed E-state index contributed by atoms with van der Waals surface area (Å²) in [5, 5.41) is 0.872. The van der Waals surface area contributed by atoms with E-state index in [1.54, 1.807) is 30.6 Å². The van der Waals surface area contributed by atoms with Crippen LogP contribution in [0.1, 0.15) is 15.2 Å². The van der Waals surface area contributed by atoms with Gasteiger partial charge < -0.3 is 10.5 Å². The number of aromatic nitrogens is 1. The Morgan fingerprint density at radius 1 is 1.13 bits per heavy atom. The number of rotatable bonds is 4. The maximum absolute atomic E-state index is 11.3. The molecule has 1 amide bonds. The normalized spacial score (nSPS) is 10.5. The summed E-state index contributed by atoms with van der Waals surface area (Å²) in [6, 6.07) is 15.1. The van der Waals surface area contributed by atoms with Gasteiger partial charge in [-0.05, 0) is 43.3 Å². The Morgan fingerprint density at radius 2 is 1.87 bits per heavy atom. The van der Waals surface area contributed by atoms with Crippen LogP contribution in [-0.4, -0.2) is 18.0 Å². The van der Waals surface area contributed by atoms with Crippen LogP contribution in [0.25, 0.3) is 21.8 Å². The monoisotopic (exact) mass is 324 g/mol. The molecule has 3 aromatic rings. The number of hydrogen-bond donors (Lipinski definition) is 1. The predicted molar refractivity (Wildman–Crippen MR) is 92.8 cm³/mol. The third-order valence-corrected chi connectivity index (χ3v) is 4.57. The molecule has 1 heterocycles. The van der Waals surface area contributed by atoms with E-state index in [0.29, 0.717) is 5.56 Å². The van der Waals surface area contributed by atoms with Gasteiger partial charge in [0.05, 0.1) is 12.8 Å². The molecule has 2 aromatic carbocycles. The number of ether oxygens (including phenoxy) is 1. The number of carbonyl (C=O) groups excluding carboxylic acids is 1. The van der Waals surface area contributed by atoms with Crippen LogP contribution < -0.4 is 10.5 Å². The van der Waals surface area contributed by atoms with Crippen molar-refractivity contribution in [2.45, 2.75) is 6.92 Å². The van der Waals surface area contributed by atoms with Crippen LogP contribution in [0.2, 0.25) is 0 Å². The van der Waals surface area contributed by atoms with Crippen LogP contribution in [0.15, 0.2) is 48.5 Å². The molecule has 23 heavy (non-hydrogen) atoms. The first-order valence-electron chi connectivity index (χ1n) is 7.10. The van der Waals surface area contributed by atoms with Crippen molar-refractivity contribution in [2.75, 3.05) is 7.11 Å². The Labute approximate surface area is 138 Å². The van der Waals surface area contributed by atoms with Crippen molar-refractivity contribution < 1.29 is 9.53 Å². The zero-order valence-corrected chi connectivity index (χ0v) is 13.7. The van der Waals surface area contributed by atoms with Crippen molar-refractivity contribution in [3.63, 3.8) is 0 Å². The number of nitrogens with two attached hydrogens (primary N) is 1. The fraction of sp³-hybridized carbons (Fsp3) is 0.111. The summed E-state index contributed by atoms with van der Waals surface area (Å²) in [5.41, 5.74) is 8.71. The number of hydrogen-bond acceptors (Lipinski definition) is 4. The number of primary amides is 1. The lowest BCUT2D eigenvalue weighted by molar-refractivity contribution is 0.100. The second-order valence-corrected chi connectivity index (χ2v) is 6.30. The number of methoxy groups -OCH3 is 1. The van der Waals surface area contributed by atoms with Crippen LogP contribution >= 0.6 is 11.3 Å². The third-order valence-electron chi connectivity index (χ3n) is 3.55. The molecule has 0 spiro atoms. The van der Waals surface area contributed by atoms with Gasteiger partial charge in [0.1, 0.15) is 10.8 Å². The van der Waals surface area contributed by atoms with Crippen molar-refractivity contribution in [1.82, 2.24) is 4.98 Å². The maximum atomic E-state index is 11.3. The number of aryl methyl sites for hydroxylation is 1. The molecule has 0 aliphatic heterocycles. The fourth-order valence-corrected chi connectivity index (χ4v) is 3.27. The number of thiazole rings is 1. The van der Waals surface area contributed by atoms with Crippen LogP contribution in [0.3, 0.4) is 0 Å². The standard InChI is InChI=1S/C18H16N2O2S/c1-11-16(12-6-8-15(22-2)9-7-12)20-18(23-11)14-5-3-4-13(10-14)17(19)21/h3-10H,1-2H3,(H2,19,21). The van der Waals surface area contributed by atoms with Crippen molar-refractivity contribution in [1.29, 1.82) is 0 Å². The Kier molecular flexibility index (Phi) is 4.12. The average Bonchev–Trinajstić information content (AvgIpc) is 2.97. The first kappa shape index (κ1) is 15.2. The molecule has 4 nitrogen and oxygen atoms in total. The maximum Gasteiger partial charge on any atom is 0.248 e. The van der Waals surface area contributed by atoms with E-state index in [2.05, 4.69) is 0 Å². The average molecular weight is 324 g/mol. The van der Waals surface area contributed by atoms with Gasteiger partial charge in [-0.15, -0.1) is 11.3 Å². The fourth-order valence-electron chi connectivity index (χ4n) is 2.34. The number of carbonyl (C=O) groups is 1. The van der Waals surface area contributed by atoms with E-state index in [4.69, 9.17) is 15.5 Å². The zero-order chi connectivity index (χ0) is 16.4. The molecule has 0 fully saturated rings. The molecule has 1 aromatic heterocycles. The quantitative estimate of drug-likeness (QED) is 0.791. The first-order chi connectivity index (χ1) is 11.1. The van der Waals surface area contributed by atoms with E-state index in [9.17, 15) is 4.79 Å². The van der Waals surface area contributed by atoms with Gasteiger partial charge in [-0.1, -0.05) is 12.1 Å². The van der Waals surface area contributed by atoms with Crippen LogP contribution in [-0.2, 0) is 0 Å². The van der Waals surface area contributed by atoms with Crippen molar-refractivity contribution in [3.8, 4) is 27.6 Å². The summed E-state index contributed by atoms with van der Waals surface area (Å²) in [4.78, 5) is 17.2. The van der Waals surface area contributed by atoms with E-state index in [1.165, 1.54) is 0 Å². The van der Waals surface area contributed by atoms with E-state index in [1.807, 2.05) is 43.3 Å². The second-order valence-electron chi connectivity index (χ2n) is 5.10. The number of benzene rings is 2. The van der Waals surface area contributed by atoms with Crippen molar-refractivity contribution in [2.24, 2.45) is 5.73 Å². The number of nitrogens with zero attached hydrogens (tertiary/aromatic N) is 1. The highest BCUT2D eigenvalue weighted by Crippen LogP contribution is 2.34. The summed E-state index contributed by atoms with van der Waals surface area (Å²) in [7, 11) is 1.65. The first-order valence-corrected chi connectivity index (χ1v) is 7.92. The third kappa shape index (κ3) is 3.10. The molecule has 0 aliphatic carbocycles. The SMILES string of the molecule is COc1ccc(-c2nc(-c3cccc(C(N)=O)c3)sc2C)cc1. The molecular weight excluding hydrogens is 308 g/mol. The molecule has 116 valence electrons. The largest absolute Gasteiger partial charge is 0.497 e. The highest BCUT2D eigenvalue weighted by Gasteiger charge is 2.12. The van der Waals surface area contributed by atoms with E-state index in [-0.39, 0.29) is 0 Å². The minimum absolute atomic E-state index is 0.435. The lowest BCUT2D eigenvalue weighted by Gasteiger charge is -2.02. The van der Waals surface area contributed by atoms with Gasteiger partial charge in [0.15, 0.2) is 0 Å². The summed E-state index contributed by atoms with van der Waals surface area (Å²) in [6.07, 6.45) is 0. The molecular formula is C18H16N2O2S. The molecule has 0 saturated carbocycles. The minimum Gasteiger partial charge on any atom is -0.497 e. The Bertz CT molecular complexity index is 854. The Morgan fingerprint density at radius 3 is 2.52 bits per heavy atom. The summed E-state index contributed by atoms with van der Waals surface area (Å²) in [6.45, 7) is 2.04. The van der Waals surface area contributed by atoms with E-state index < -0.39 is 5.91 Å². The van der Waals surface area contributed by atoms with E-state index in [0.717, 1.165) is 32.5 Å². The highest BCUT2D eigenvalue weighted by molar-refractivity contribution is 7.15. The number of amides is 1. The second kappa shape index (κ2) is 6.22. The molecule has 0 aliphatic rings. The Balaban J connectivity index is 2.00. The molecule has 0 atom stereocenters. The van der Waals surface area contributed by atoms with Gasteiger partial charge >= 0.3 is 0 Å². The molecule has 0 unspecified atom stereocenters. The van der Waals surface area contributed by atoms with Gasteiger partial charge in [-0.3, -0.25) is 4.79 Å². The predicted octanol–water partition coefficient (Wildman–Crippen LogP) is 3.89. The molecule has 0 radical (unpaired) electrons. The topological polar surface area (TPSA) is 65.2 Å². The van der Waals surface area contributed by atoms with Crippen molar-refractivity contribution in [3.05, 3.63) is 59.0 Å². The van der Waals surface area contributed by atoms with Gasteiger partial charge in [-0.25, -0.2) is 4.98 Å². The summed E-state index contributed by atoms with van der Waals surface area (Å²) < 4.78 is 5.18. The van der Waals surface area contributed by atoms with Crippen LogP contribution in [0, 0.1) is 6.92 Å². The van der Waals surface area contributed by atoms with E-state index >= 15 is 0 Å². The van der Waals surface area contributed by atoms with Gasteiger partial charge in [0, 0.05) is 21.6 Å². The zero-order valence-electron chi connectivity index (χ0n) is 12.9. The van der Waals surface area contributed by atoms with Gasteiger partial charge in [0.25, 0.3) is 0 Å². The molecule has 0 bridgehead atoms.